The number of aliphatic hydroxyl groups excluding tert-OH is 3. The van der Waals surface area contributed by atoms with Gasteiger partial charge in [-0.3, -0.25) is 14.4 Å². The molecule has 3 aliphatic carbocycles. The van der Waals surface area contributed by atoms with Crippen molar-refractivity contribution in [2.24, 2.45) is 17.6 Å². The van der Waals surface area contributed by atoms with E-state index in [2.05, 4.69) is 16.0 Å². The lowest BCUT2D eigenvalue weighted by atomic mass is 9.56. The number of ether oxygens (including phenoxy) is 1. The maximum atomic E-state index is 14.1. The van der Waals surface area contributed by atoms with Crippen molar-refractivity contribution in [3.63, 3.8) is 0 Å². The van der Waals surface area contributed by atoms with Gasteiger partial charge in [0.15, 0.2) is 17.3 Å². The molecule has 0 spiro atoms. The van der Waals surface area contributed by atoms with E-state index in [1.54, 1.807) is 48.5 Å². The van der Waals surface area contributed by atoms with Crippen molar-refractivity contribution < 1.29 is 49.1 Å². The van der Waals surface area contributed by atoms with E-state index in [1.165, 1.54) is 12.1 Å². The van der Waals surface area contributed by atoms with Crippen LogP contribution in [0.3, 0.4) is 0 Å². The normalized spacial score (nSPS) is 26.7. The molecule has 0 bridgehead atoms. The number of benzene rings is 1. The molecule has 0 aromatic heterocycles. The summed E-state index contributed by atoms with van der Waals surface area (Å²) >= 11 is 0. The molecule has 5 atom stereocenters. The summed E-state index contributed by atoms with van der Waals surface area (Å²) in [6, 6.07) is 2.19. The number of anilines is 1. The van der Waals surface area contributed by atoms with Crippen molar-refractivity contribution in [3.8, 4) is 5.75 Å². The average Bonchev–Trinajstić information content (AvgIpc) is 2.84. The molecule has 0 aliphatic heterocycles. The highest BCUT2D eigenvalue weighted by Crippen LogP contribution is 2.56. The number of allylic oxidation sites excluding steroid dienone is 1. The highest BCUT2D eigenvalue weighted by Gasteiger charge is 2.67. The van der Waals surface area contributed by atoms with Gasteiger partial charge in [-0.15, -0.1) is 0 Å². The van der Waals surface area contributed by atoms with E-state index in [1.807, 2.05) is 0 Å². The van der Waals surface area contributed by atoms with Crippen LogP contribution in [-0.4, -0.2) is 72.8 Å². The Bertz CT molecular complexity index is 1550. The van der Waals surface area contributed by atoms with E-state index in [-0.39, 0.29) is 16.8 Å². The fourth-order valence-electron chi connectivity index (χ4n) is 6.22. The fourth-order valence-corrected chi connectivity index (χ4v) is 6.22. The zero-order valence-corrected chi connectivity index (χ0v) is 25.5. The quantitative estimate of drug-likeness (QED) is 0.183. The number of nitrogens with one attached hydrogen (secondary N) is 3. The summed E-state index contributed by atoms with van der Waals surface area (Å²) in [5, 5.41) is 53.0. The van der Waals surface area contributed by atoms with Crippen LogP contribution in [0.5, 0.6) is 5.75 Å². The van der Waals surface area contributed by atoms with E-state index in [4.69, 9.17) is 10.5 Å². The topological polar surface area (TPSA) is 238 Å². The predicted octanol–water partition coefficient (Wildman–Crippen LogP) is 2.56. The maximum absolute atomic E-state index is 14.1. The van der Waals surface area contributed by atoms with Gasteiger partial charge in [0.25, 0.3) is 5.91 Å². The number of aromatic hydroxyl groups is 1. The summed E-state index contributed by atoms with van der Waals surface area (Å²) in [6.07, 6.45) is -3.52. The number of nitrogens with two attached hydrogens (primary N) is 1. The first-order valence-electron chi connectivity index (χ1n) is 14.0. The Morgan fingerprint density at radius 2 is 1.59 bits per heavy atom. The van der Waals surface area contributed by atoms with E-state index in [0.29, 0.717) is 0 Å². The molecule has 44 heavy (non-hydrogen) atoms. The number of rotatable bonds is 3. The van der Waals surface area contributed by atoms with E-state index < -0.39 is 105 Å². The standard InChI is InChI=1S/C30H38N4O10/c1-11-12-8-9-14(32-26(42)33-28(2,3)4)21(37)17(12)22(38)19-16(11)20(36)13-10-15(35)18(25(31)41)23(39)30(13,24(19)40)44-27(43)34-29(5,6)7/h8-9,11,13,16,20,35-37,40H,10H2,1-7H3,(H2,31,41)(H,34,43)(H2,32,33,42)/t11-,13+,16+,20+,30+/m0/s1. The van der Waals surface area contributed by atoms with Gasteiger partial charge in [0.1, 0.15) is 11.3 Å². The second-order valence-electron chi connectivity index (χ2n) is 13.5. The first kappa shape index (κ1) is 32.3. The number of aliphatic hydroxyl groups is 3. The van der Waals surface area contributed by atoms with Crippen LogP contribution in [-0.2, 0) is 14.3 Å². The van der Waals surface area contributed by atoms with Gasteiger partial charge >= 0.3 is 12.1 Å². The summed E-state index contributed by atoms with van der Waals surface area (Å²) in [7, 11) is 0. The number of primary amides is 1. The number of phenols is 1. The van der Waals surface area contributed by atoms with Gasteiger partial charge < -0.3 is 46.8 Å². The molecule has 0 unspecified atom stereocenters. The Balaban J connectivity index is 1.94. The second-order valence-corrected chi connectivity index (χ2v) is 13.5. The minimum Gasteiger partial charge on any atom is -0.511 e. The molecule has 14 heteroatoms. The number of phenolic OH excluding ortho intramolecular Hbond substituents is 1. The minimum absolute atomic E-state index is 0.132. The summed E-state index contributed by atoms with van der Waals surface area (Å²) in [4.78, 5) is 65.9. The molecular weight excluding hydrogens is 576 g/mol. The number of fused-ring (bicyclic) bond motifs is 3. The molecule has 0 saturated carbocycles. The first-order chi connectivity index (χ1) is 20.1. The Morgan fingerprint density at radius 1 is 1.00 bits per heavy atom. The molecular formula is C30H38N4O10. The molecule has 238 valence electrons. The lowest BCUT2D eigenvalue weighted by Crippen LogP contribution is -2.65. The molecule has 0 heterocycles. The maximum Gasteiger partial charge on any atom is 0.409 e. The molecule has 14 nitrogen and oxygen atoms in total. The minimum atomic E-state index is -2.83. The van der Waals surface area contributed by atoms with Gasteiger partial charge in [0.05, 0.1) is 17.4 Å². The van der Waals surface area contributed by atoms with Gasteiger partial charge in [-0.1, -0.05) is 13.0 Å². The average molecular weight is 615 g/mol. The van der Waals surface area contributed by atoms with Gasteiger partial charge in [-0.25, -0.2) is 9.59 Å². The SMILES string of the molecule is C[C@H]1c2ccc(NC(=O)NC(C)(C)C)c(O)c2C(=O)C2=C(O)[C@]3(OC(=O)NC(C)(C)C)C(=O)C(C(N)=O)=C(O)C[C@@H]3[C@@H](O)[C@@H]21. The molecule has 0 saturated heterocycles. The zero-order valence-electron chi connectivity index (χ0n) is 25.5. The van der Waals surface area contributed by atoms with E-state index >= 15 is 0 Å². The number of ketones is 2. The first-order valence-corrected chi connectivity index (χ1v) is 14.0. The van der Waals surface area contributed by atoms with Crippen molar-refractivity contribution in [3.05, 3.63) is 45.9 Å². The number of carbonyl (C=O) groups excluding carboxylic acids is 5. The van der Waals surface area contributed by atoms with Crippen LogP contribution in [0.15, 0.2) is 34.8 Å². The van der Waals surface area contributed by atoms with Crippen molar-refractivity contribution in [1.82, 2.24) is 10.6 Å². The van der Waals surface area contributed by atoms with Crippen LogP contribution < -0.4 is 21.7 Å². The molecule has 4 rings (SSSR count). The van der Waals surface area contributed by atoms with Gasteiger partial charge in [0.2, 0.25) is 11.4 Å². The van der Waals surface area contributed by atoms with Crippen LogP contribution in [0.25, 0.3) is 0 Å². The Kier molecular flexibility index (Phi) is 7.74. The summed E-state index contributed by atoms with van der Waals surface area (Å²) in [5.74, 6) is -9.79. The third-order valence-corrected chi connectivity index (χ3v) is 7.93. The highest BCUT2D eigenvalue weighted by atomic mass is 16.6. The monoisotopic (exact) mass is 614 g/mol. The molecule has 3 aliphatic rings. The number of amides is 4. The number of alkyl carbamates (subject to hydrolysis) is 1. The second kappa shape index (κ2) is 10.5. The fraction of sp³-hybridized carbons (Fsp3) is 0.500. The molecule has 0 fully saturated rings. The molecule has 1 aromatic carbocycles. The van der Waals surface area contributed by atoms with Crippen molar-refractivity contribution >= 4 is 35.3 Å². The third-order valence-electron chi connectivity index (χ3n) is 7.93. The summed E-state index contributed by atoms with van der Waals surface area (Å²) in [5.41, 5.74) is -0.661. The van der Waals surface area contributed by atoms with Crippen LogP contribution in [0.1, 0.15) is 76.7 Å². The van der Waals surface area contributed by atoms with Crippen LogP contribution in [0.2, 0.25) is 0 Å². The Hall–Kier alpha value is -4.59. The van der Waals surface area contributed by atoms with E-state index in [9.17, 15) is 44.4 Å². The Labute approximate surface area is 253 Å². The molecule has 1 aromatic rings. The number of Topliss-reactive ketones (excluding diaryl/α,β-unsaturated/α-hetero) is 2. The summed E-state index contributed by atoms with van der Waals surface area (Å²) in [6.45, 7) is 11.7. The number of urea groups is 1. The van der Waals surface area contributed by atoms with Crippen molar-refractivity contribution in [2.75, 3.05) is 5.32 Å². The molecule has 0 radical (unpaired) electrons. The van der Waals surface area contributed by atoms with Gasteiger partial charge in [-0.05, 0) is 59.1 Å². The van der Waals surface area contributed by atoms with Crippen LogP contribution in [0.4, 0.5) is 15.3 Å². The van der Waals surface area contributed by atoms with Crippen molar-refractivity contribution in [2.45, 2.75) is 83.6 Å². The highest BCUT2D eigenvalue weighted by molar-refractivity contribution is 6.25. The van der Waals surface area contributed by atoms with Crippen molar-refractivity contribution in [1.29, 1.82) is 0 Å². The molecule has 9 N–H and O–H groups in total. The van der Waals surface area contributed by atoms with E-state index in [0.717, 1.165) is 0 Å². The Morgan fingerprint density at radius 3 is 2.14 bits per heavy atom. The lowest BCUT2D eigenvalue weighted by Gasteiger charge is -2.51. The smallest absolute Gasteiger partial charge is 0.409 e. The number of hydrogen-bond donors (Lipinski definition) is 8. The number of carbonyl (C=O) groups is 5. The lowest BCUT2D eigenvalue weighted by molar-refractivity contribution is -0.155. The van der Waals surface area contributed by atoms with Gasteiger partial charge in [-0.2, -0.15) is 0 Å². The van der Waals surface area contributed by atoms with Crippen LogP contribution >= 0.6 is 0 Å². The largest absolute Gasteiger partial charge is 0.511 e. The van der Waals surface area contributed by atoms with Crippen LogP contribution in [0, 0.1) is 11.8 Å². The summed E-state index contributed by atoms with van der Waals surface area (Å²) < 4.78 is 5.56. The molecule has 4 amide bonds. The third kappa shape index (κ3) is 5.23. The number of hydrogen-bond acceptors (Lipinski definition) is 10. The predicted molar refractivity (Wildman–Crippen MR) is 156 cm³/mol. The zero-order chi connectivity index (χ0) is 33.3. The van der Waals surface area contributed by atoms with Gasteiger partial charge in [0, 0.05) is 34.9 Å².